The molecule has 0 saturated carbocycles. The summed E-state index contributed by atoms with van der Waals surface area (Å²) >= 11 is 1.27. The number of sulfonamides is 1. The first-order valence-corrected chi connectivity index (χ1v) is 12.1. The third-order valence-corrected chi connectivity index (χ3v) is 7.27. The van der Waals surface area contributed by atoms with Gasteiger partial charge in [-0.1, -0.05) is 84.9 Å². The number of fused-ring (bicyclic) bond motifs is 1. The Bertz CT molecular complexity index is 1460. The third kappa shape index (κ3) is 4.08. The van der Waals surface area contributed by atoms with Crippen LogP contribution in [-0.2, 0) is 10.0 Å². The van der Waals surface area contributed by atoms with Crippen molar-refractivity contribution >= 4 is 37.3 Å². The molecule has 5 rings (SSSR count). The highest BCUT2D eigenvalue weighted by atomic mass is 32.2. The van der Waals surface area contributed by atoms with Gasteiger partial charge in [-0.2, -0.15) is 0 Å². The van der Waals surface area contributed by atoms with E-state index in [1.54, 1.807) is 12.1 Å². The van der Waals surface area contributed by atoms with E-state index < -0.39 is 10.0 Å². The standard InChI is InChI=1S/C25H18N2O2S2/c28-31(29,23-15-14-19-8-4-5-9-22(19)16-23)27-25-26-24(17-30-25)21-12-10-20(11-13-21)18-6-2-1-3-7-18/h1-17H,(H,26,27). The minimum Gasteiger partial charge on any atom is -0.255 e. The molecule has 0 aliphatic rings. The van der Waals surface area contributed by atoms with Crippen molar-refractivity contribution in [2.75, 3.05) is 4.72 Å². The van der Waals surface area contributed by atoms with Crippen molar-refractivity contribution < 1.29 is 8.42 Å². The predicted octanol–water partition coefficient (Wildman–Crippen LogP) is 6.43. The topological polar surface area (TPSA) is 59.1 Å². The van der Waals surface area contributed by atoms with Crippen LogP contribution in [0.15, 0.2) is 107 Å². The molecule has 4 aromatic carbocycles. The monoisotopic (exact) mass is 442 g/mol. The first kappa shape index (κ1) is 19.5. The molecule has 1 N–H and O–H groups in total. The second-order valence-electron chi connectivity index (χ2n) is 7.10. The van der Waals surface area contributed by atoms with E-state index in [9.17, 15) is 8.42 Å². The summed E-state index contributed by atoms with van der Waals surface area (Å²) in [7, 11) is -3.72. The van der Waals surface area contributed by atoms with Crippen LogP contribution < -0.4 is 4.72 Å². The summed E-state index contributed by atoms with van der Waals surface area (Å²) in [6, 6.07) is 31.0. The third-order valence-electron chi connectivity index (χ3n) is 5.04. The lowest BCUT2D eigenvalue weighted by atomic mass is 10.0. The van der Waals surface area contributed by atoms with Crippen LogP contribution in [0, 0.1) is 0 Å². The summed E-state index contributed by atoms with van der Waals surface area (Å²) in [5.41, 5.74) is 3.95. The number of anilines is 1. The molecule has 0 spiro atoms. The maximum atomic E-state index is 12.8. The Morgan fingerprint density at radius 2 is 1.32 bits per heavy atom. The summed E-state index contributed by atoms with van der Waals surface area (Å²) in [6.07, 6.45) is 0. The van der Waals surface area contributed by atoms with Crippen molar-refractivity contribution in [1.29, 1.82) is 0 Å². The number of hydrogen-bond donors (Lipinski definition) is 1. The van der Waals surface area contributed by atoms with Crippen LogP contribution in [0.2, 0.25) is 0 Å². The van der Waals surface area contributed by atoms with E-state index in [4.69, 9.17) is 0 Å². The molecule has 0 saturated heterocycles. The van der Waals surface area contributed by atoms with Gasteiger partial charge in [0.1, 0.15) is 0 Å². The number of benzene rings is 4. The Morgan fingerprint density at radius 1 is 0.677 bits per heavy atom. The predicted molar refractivity (Wildman–Crippen MR) is 128 cm³/mol. The van der Waals surface area contributed by atoms with E-state index >= 15 is 0 Å². The van der Waals surface area contributed by atoms with Crippen molar-refractivity contribution in [3.63, 3.8) is 0 Å². The van der Waals surface area contributed by atoms with Gasteiger partial charge in [0, 0.05) is 10.9 Å². The summed E-state index contributed by atoms with van der Waals surface area (Å²) in [5, 5.41) is 4.08. The molecule has 152 valence electrons. The highest BCUT2D eigenvalue weighted by Crippen LogP contribution is 2.29. The van der Waals surface area contributed by atoms with Gasteiger partial charge < -0.3 is 0 Å². The molecule has 1 aromatic heterocycles. The summed E-state index contributed by atoms with van der Waals surface area (Å²) in [4.78, 5) is 4.70. The molecule has 1 heterocycles. The number of rotatable bonds is 5. The second kappa shape index (κ2) is 7.98. The SMILES string of the molecule is O=S(=O)(Nc1nc(-c2ccc(-c3ccccc3)cc2)cs1)c1ccc2ccccc2c1. The maximum Gasteiger partial charge on any atom is 0.263 e. The van der Waals surface area contributed by atoms with Gasteiger partial charge in [-0.3, -0.25) is 4.72 Å². The molecular formula is C25H18N2O2S2. The van der Waals surface area contributed by atoms with Crippen LogP contribution in [0.5, 0.6) is 0 Å². The average Bonchev–Trinajstić information content (AvgIpc) is 3.27. The molecule has 0 fully saturated rings. The number of aromatic nitrogens is 1. The number of nitrogens with one attached hydrogen (secondary N) is 1. The Morgan fingerprint density at radius 3 is 2.10 bits per heavy atom. The van der Waals surface area contributed by atoms with Gasteiger partial charge in [0.15, 0.2) is 5.13 Å². The fourth-order valence-corrected chi connectivity index (χ4v) is 5.43. The lowest BCUT2D eigenvalue weighted by Gasteiger charge is -2.06. The summed E-state index contributed by atoms with van der Waals surface area (Å²) in [5.74, 6) is 0. The van der Waals surface area contributed by atoms with Crippen molar-refractivity contribution in [2.45, 2.75) is 4.90 Å². The van der Waals surface area contributed by atoms with Gasteiger partial charge in [-0.05, 0) is 34.0 Å². The van der Waals surface area contributed by atoms with Crippen LogP contribution in [0.25, 0.3) is 33.2 Å². The number of thiazole rings is 1. The minimum atomic E-state index is -3.72. The molecule has 0 bridgehead atoms. The van der Waals surface area contributed by atoms with Crippen LogP contribution in [0.3, 0.4) is 0 Å². The molecule has 4 nitrogen and oxygen atoms in total. The zero-order valence-electron chi connectivity index (χ0n) is 16.4. The largest absolute Gasteiger partial charge is 0.263 e. The van der Waals surface area contributed by atoms with E-state index in [1.165, 1.54) is 11.3 Å². The van der Waals surface area contributed by atoms with E-state index in [2.05, 4.69) is 21.8 Å². The van der Waals surface area contributed by atoms with Gasteiger partial charge in [0.25, 0.3) is 10.0 Å². The van der Waals surface area contributed by atoms with E-state index in [1.807, 2.05) is 78.2 Å². The molecule has 0 unspecified atom stereocenters. The van der Waals surface area contributed by atoms with Crippen LogP contribution in [0.1, 0.15) is 0 Å². The Kier molecular flexibility index (Phi) is 5.02. The fraction of sp³-hybridized carbons (Fsp3) is 0. The molecule has 0 radical (unpaired) electrons. The Labute approximate surface area is 184 Å². The normalized spacial score (nSPS) is 11.5. The molecule has 31 heavy (non-hydrogen) atoms. The van der Waals surface area contributed by atoms with Crippen LogP contribution >= 0.6 is 11.3 Å². The van der Waals surface area contributed by atoms with Crippen molar-refractivity contribution in [1.82, 2.24) is 4.98 Å². The molecular weight excluding hydrogens is 424 g/mol. The Hall–Kier alpha value is -3.48. The van der Waals surface area contributed by atoms with Gasteiger partial charge in [0.2, 0.25) is 0 Å². The number of nitrogens with zero attached hydrogens (tertiary/aromatic N) is 1. The van der Waals surface area contributed by atoms with Gasteiger partial charge >= 0.3 is 0 Å². The molecule has 5 aromatic rings. The first-order valence-electron chi connectivity index (χ1n) is 9.71. The average molecular weight is 443 g/mol. The van der Waals surface area contributed by atoms with Gasteiger partial charge in [0.05, 0.1) is 10.6 Å². The van der Waals surface area contributed by atoms with E-state index in [0.29, 0.717) is 5.13 Å². The second-order valence-corrected chi connectivity index (χ2v) is 9.64. The summed E-state index contributed by atoms with van der Waals surface area (Å²) in [6.45, 7) is 0. The van der Waals surface area contributed by atoms with Gasteiger partial charge in [-0.15, -0.1) is 11.3 Å². The smallest absolute Gasteiger partial charge is 0.255 e. The lowest BCUT2D eigenvalue weighted by molar-refractivity contribution is 0.601. The van der Waals surface area contributed by atoms with Crippen molar-refractivity contribution in [3.05, 3.63) is 102 Å². The molecule has 0 aliphatic carbocycles. The summed E-state index contributed by atoms with van der Waals surface area (Å²) < 4.78 is 28.3. The minimum absolute atomic E-state index is 0.218. The molecule has 6 heteroatoms. The molecule has 0 aliphatic heterocycles. The van der Waals surface area contributed by atoms with Crippen molar-refractivity contribution in [3.8, 4) is 22.4 Å². The first-order chi connectivity index (χ1) is 15.1. The van der Waals surface area contributed by atoms with Crippen molar-refractivity contribution in [2.24, 2.45) is 0 Å². The zero-order valence-corrected chi connectivity index (χ0v) is 18.0. The highest BCUT2D eigenvalue weighted by molar-refractivity contribution is 7.93. The maximum absolute atomic E-state index is 12.8. The van der Waals surface area contributed by atoms with E-state index in [0.717, 1.165) is 33.2 Å². The highest BCUT2D eigenvalue weighted by Gasteiger charge is 2.17. The van der Waals surface area contributed by atoms with Gasteiger partial charge in [-0.25, -0.2) is 13.4 Å². The van der Waals surface area contributed by atoms with E-state index in [-0.39, 0.29) is 4.90 Å². The molecule has 0 atom stereocenters. The number of hydrogen-bond acceptors (Lipinski definition) is 4. The fourth-order valence-electron chi connectivity index (χ4n) is 3.43. The van der Waals surface area contributed by atoms with Crippen LogP contribution in [0.4, 0.5) is 5.13 Å². The molecule has 0 amide bonds. The quantitative estimate of drug-likeness (QED) is 0.341. The lowest BCUT2D eigenvalue weighted by Crippen LogP contribution is -2.12. The van der Waals surface area contributed by atoms with Crippen LogP contribution in [-0.4, -0.2) is 13.4 Å². The Balaban J connectivity index is 1.37. The zero-order chi connectivity index (χ0) is 21.3.